The summed E-state index contributed by atoms with van der Waals surface area (Å²) in [6, 6.07) is 4.89. The number of imidazole rings is 1. The van der Waals surface area contributed by atoms with Crippen molar-refractivity contribution in [1.82, 2.24) is 20.2 Å². The molecule has 0 bridgehead atoms. The first-order valence-electron chi connectivity index (χ1n) is 7.40. The third kappa shape index (κ3) is 3.91. The van der Waals surface area contributed by atoms with Gasteiger partial charge in [0.2, 0.25) is 0 Å². The molecule has 114 valence electrons. The maximum atomic E-state index is 5.48. The van der Waals surface area contributed by atoms with Crippen molar-refractivity contribution >= 4 is 11.3 Å². The number of rotatable bonds is 6. The molecule has 2 aromatic heterocycles. The highest BCUT2D eigenvalue weighted by atomic mass is 32.1. The molecule has 2 aromatic rings. The van der Waals surface area contributed by atoms with Crippen molar-refractivity contribution in [2.24, 2.45) is 0 Å². The maximum Gasteiger partial charge on any atom is 0.120 e. The molecule has 3 rings (SSSR count). The van der Waals surface area contributed by atoms with E-state index in [9.17, 15) is 0 Å². The van der Waals surface area contributed by atoms with Gasteiger partial charge < -0.3 is 15.0 Å². The van der Waals surface area contributed by atoms with Crippen molar-refractivity contribution in [3.63, 3.8) is 0 Å². The van der Waals surface area contributed by atoms with E-state index in [-0.39, 0.29) is 0 Å². The second kappa shape index (κ2) is 7.17. The van der Waals surface area contributed by atoms with E-state index in [4.69, 9.17) is 4.74 Å². The Labute approximate surface area is 129 Å². The molecular formula is C15H22N4OS. The van der Waals surface area contributed by atoms with E-state index < -0.39 is 0 Å². The standard InChI is InChI=1S/C15H22N4OS/c1-12-2-3-14(21-12)13(19-6-8-20-9-7-19)10-16-11-15-17-4-5-18-15/h2-5,13,16H,6-11H2,1H3,(H,17,18)/t13-/m1/s1. The van der Waals surface area contributed by atoms with E-state index in [1.54, 1.807) is 6.20 Å². The summed E-state index contributed by atoms with van der Waals surface area (Å²) < 4.78 is 5.48. The van der Waals surface area contributed by atoms with Gasteiger partial charge in [0.05, 0.1) is 25.8 Å². The predicted octanol–water partition coefficient (Wildman–Crippen LogP) is 1.94. The van der Waals surface area contributed by atoms with E-state index in [1.807, 2.05) is 17.5 Å². The lowest BCUT2D eigenvalue weighted by Crippen LogP contribution is -2.42. The molecule has 0 saturated carbocycles. The van der Waals surface area contributed by atoms with E-state index in [0.29, 0.717) is 6.04 Å². The summed E-state index contributed by atoms with van der Waals surface area (Å²) in [5.41, 5.74) is 0. The highest BCUT2D eigenvalue weighted by Gasteiger charge is 2.23. The molecule has 1 fully saturated rings. The van der Waals surface area contributed by atoms with Crippen LogP contribution in [0.5, 0.6) is 0 Å². The Morgan fingerprint density at radius 2 is 2.29 bits per heavy atom. The van der Waals surface area contributed by atoms with Gasteiger partial charge in [-0.05, 0) is 19.1 Å². The summed E-state index contributed by atoms with van der Waals surface area (Å²) in [5, 5.41) is 3.52. The Hall–Kier alpha value is -1.21. The van der Waals surface area contributed by atoms with E-state index in [2.05, 4.69) is 39.2 Å². The molecule has 0 amide bonds. The van der Waals surface area contributed by atoms with Crippen LogP contribution in [0.4, 0.5) is 0 Å². The number of nitrogens with zero attached hydrogens (tertiary/aromatic N) is 2. The molecule has 1 atom stereocenters. The van der Waals surface area contributed by atoms with Gasteiger partial charge in [0.15, 0.2) is 0 Å². The average Bonchev–Trinajstić information content (AvgIpc) is 3.16. The van der Waals surface area contributed by atoms with Gasteiger partial charge in [0.25, 0.3) is 0 Å². The van der Waals surface area contributed by atoms with Crippen molar-refractivity contribution in [1.29, 1.82) is 0 Å². The highest BCUT2D eigenvalue weighted by Crippen LogP contribution is 2.27. The van der Waals surface area contributed by atoms with Gasteiger partial charge in [0.1, 0.15) is 5.82 Å². The molecule has 0 radical (unpaired) electrons. The van der Waals surface area contributed by atoms with Crippen LogP contribution >= 0.6 is 11.3 Å². The summed E-state index contributed by atoms with van der Waals surface area (Å²) in [6.45, 7) is 7.55. The molecule has 1 saturated heterocycles. The molecule has 0 aromatic carbocycles. The van der Waals surface area contributed by atoms with Crippen molar-refractivity contribution in [3.8, 4) is 0 Å². The molecule has 6 heteroatoms. The van der Waals surface area contributed by atoms with Crippen molar-refractivity contribution < 1.29 is 4.74 Å². The Morgan fingerprint density at radius 1 is 1.43 bits per heavy atom. The molecule has 1 aliphatic heterocycles. The third-order valence-electron chi connectivity index (χ3n) is 3.76. The minimum atomic E-state index is 0.419. The predicted molar refractivity (Wildman–Crippen MR) is 84.5 cm³/mol. The van der Waals surface area contributed by atoms with Crippen LogP contribution in [-0.4, -0.2) is 47.7 Å². The first-order chi connectivity index (χ1) is 10.3. The van der Waals surface area contributed by atoms with Gasteiger partial charge in [-0.2, -0.15) is 0 Å². The first kappa shape index (κ1) is 14.7. The summed E-state index contributed by atoms with van der Waals surface area (Å²) in [6.07, 6.45) is 3.65. The van der Waals surface area contributed by atoms with Gasteiger partial charge in [-0.25, -0.2) is 4.98 Å². The molecule has 1 aliphatic rings. The fourth-order valence-electron chi connectivity index (χ4n) is 2.65. The summed E-state index contributed by atoms with van der Waals surface area (Å²) in [7, 11) is 0. The number of hydrogen-bond donors (Lipinski definition) is 2. The smallest absolute Gasteiger partial charge is 0.120 e. The number of nitrogens with one attached hydrogen (secondary N) is 2. The van der Waals surface area contributed by atoms with Gasteiger partial charge >= 0.3 is 0 Å². The summed E-state index contributed by atoms with van der Waals surface area (Å²) >= 11 is 1.89. The summed E-state index contributed by atoms with van der Waals surface area (Å²) in [4.78, 5) is 12.7. The van der Waals surface area contributed by atoms with E-state index in [1.165, 1.54) is 9.75 Å². The van der Waals surface area contributed by atoms with E-state index >= 15 is 0 Å². The van der Waals surface area contributed by atoms with Crippen molar-refractivity contribution in [2.75, 3.05) is 32.8 Å². The molecular weight excluding hydrogens is 284 g/mol. The monoisotopic (exact) mass is 306 g/mol. The average molecular weight is 306 g/mol. The fourth-order valence-corrected chi connectivity index (χ4v) is 3.67. The van der Waals surface area contributed by atoms with Gasteiger partial charge in [-0.3, -0.25) is 4.90 Å². The van der Waals surface area contributed by atoms with Gasteiger partial charge in [-0.15, -0.1) is 11.3 Å². The number of aryl methyl sites for hydroxylation is 1. The van der Waals surface area contributed by atoms with Crippen LogP contribution in [0.3, 0.4) is 0 Å². The lowest BCUT2D eigenvalue weighted by Gasteiger charge is -2.34. The van der Waals surface area contributed by atoms with Crippen LogP contribution in [0.15, 0.2) is 24.5 Å². The van der Waals surface area contributed by atoms with Gasteiger partial charge in [-0.1, -0.05) is 0 Å². The molecule has 0 spiro atoms. The third-order valence-corrected chi connectivity index (χ3v) is 4.86. The van der Waals surface area contributed by atoms with Crippen LogP contribution in [0.25, 0.3) is 0 Å². The normalized spacial score (nSPS) is 18.0. The van der Waals surface area contributed by atoms with Crippen molar-refractivity contribution in [2.45, 2.75) is 19.5 Å². The number of thiophene rings is 1. The molecule has 0 aliphatic carbocycles. The Kier molecular flexibility index (Phi) is 5.03. The van der Waals surface area contributed by atoms with Crippen LogP contribution in [-0.2, 0) is 11.3 Å². The Balaban J connectivity index is 1.63. The fraction of sp³-hybridized carbons (Fsp3) is 0.533. The molecule has 2 N–H and O–H groups in total. The minimum absolute atomic E-state index is 0.419. The SMILES string of the molecule is Cc1ccc([C@@H](CNCc2ncc[nH]2)N2CCOCC2)s1. The topological polar surface area (TPSA) is 53.2 Å². The Bertz CT molecular complexity index is 534. The minimum Gasteiger partial charge on any atom is -0.379 e. The first-order valence-corrected chi connectivity index (χ1v) is 8.21. The molecule has 3 heterocycles. The largest absolute Gasteiger partial charge is 0.379 e. The number of H-pyrrole nitrogens is 1. The number of morpholine rings is 1. The lowest BCUT2D eigenvalue weighted by atomic mass is 10.2. The molecule has 21 heavy (non-hydrogen) atoms. The molecule has 0 unspecified atom stereocenters. The van der Waals surface area contributed by atoms with Crippen LogP contribution in [0.2, 0.25) is 0 Å². The van der Waals surface area contributed by atoms with Crippen LogP contribution < -0.4 is 5.32 Å². The number of ether oxygens (including phenoxy) is 1. The van der Waals surface area contributed by atoms with Gasteiger partial charge in [0, 0.05) is 41.8 Å². The maximum absolute atomic E-state index is 5.48. The second-order valence-electron chi connectivity index (χ2n) is 5.28. The molecule has 5 nitrogen and oxygen atoms in total. The quantitative estimate of drug-likeness (QED) is 0.856. The zero-order valence-electron chi connectivity index (χ0n) is 12.3. The lowest BCUT2D eigenvalue weighted by molar-refractivity contribution is 0.0168. The number of hydrogen-bond acceptors (Lipinski definition) is 5. The van der Waals surface area contributed by atoms with Crippen LogP contribution in [0.1, 0.15) is 21.6 Å². The van der Waals surface area contributed by atoms with E-state index in [0.717, 1.165) is 45.2 Å². The zero-order chi connectivity index (χ0) is 14.5. The number of aromatic nitrogens is 2. The second-order valence-corrected chi connectivity index (χ2v) is 6.60. The zero-order valence-corrected chi connectivity index (χ0v) is 13.2. The number of aromatic amines is 1. The van der Waals surface area contributed by atoms with Crippen LogP contribution in [0, 0.1) is 6.92 Å². The Morgan fingerprint density at radius 3 is 2.95 bits per heavy atom. The summed E-state index contributed by atoms with van der Waals surface area (Å²) in [5.74, 6) is 0.984. The highest BCUT2D eigenvalue weighted by molar-refractivity contribution is 7.12. The van der Waals surface area contributed by atoms with Crippen molar-refractivity contribution in [3.05, 3.63) is 40.1 Å².